The zero-order valence-corrected chi connectivity index (χ0v) is 13.7. The third-order valence-corrected chi connectivity index (χ3v) is 4.56. The summed E-state index contributed by atoms with van der Waals surface area (Å²) in [6.07, 6.45) is 0. The van der Waals surface area contributed by atoms with E-state index in [9.17, 15) is 14.4 Å². The second-order valence-corrected chi connectivity index (χ2v) is 6.09. The second-order valence-electron chi connectivity index (χ2n) is 5.21. The monoisotopic (exact) mass is 336 g/mol. The Morgan fingerprint density at radius 3 is 2.58 bits per heavy atom. The number of rotatable bonds is 3. The zero-order chi connectivity index (χ0) is 17.1. The van der Waals surface area contributed by atoms with Crippen molar-refractivity contribution in [2.45, 2.75) is 6.92 Å². The van der Waals surface area contributed by atoms with Gasteiger partial charge in [-0.2, -0.15) is 5.26 Å². The summed E-state index contributed by atoms with van der Waals surface area (Å²) in [4.78, 5) is 12.5. The number of halogens is 1. The summed E-state index contributed by atoms with van der Waals surface area (Å²) < 4.78 is 13.8. The first-order valence-electron chi connectivity index (χ1n) is 7.25. The molecule has 3 nitrogen and oxygen atoms in total. The lowest BCUT2D eigenvalue weighted by Crippen LogP contribution is -2.13. The largest absolute Gasteiger partial charge is 0.348 e. The van der Waals surface area contributed by atoms with Crippen molar-refractivity contribution in [1.82, 2.24) is 5.32 Å². The molecule has 118 valence electrons. The Morgan fingerprint density at radius 2 is 1.88 bits per heavy atom. The third-order valence-electron chi connectivity index (χ3n) is 3.66. The van der Waals surface area contributed by atoms with Crippen LogP contribution in [0, 0.1) is 24.1 Å². The summed E-state index contributed by atoms with van der Waals surface area (Å²) in [5, 5.41) is 14.8. The van der Waals surface area contributed by atoms with Crippen LogP contribution in [0.4, 0.5) is 4.39 Å². The standard InChI is InChI=1S/C19H13FN2OS/c1-12-6-2-3-7-13(12)17-11-24-19(22-17)15(10-21)18(23)14-8-4-5-9-16(14)20/h2-9,11,22H,1H3. The van der Waals surface area contributed by atoms with Gasteiger partial charge >= 0.3 is 0 Å². The maximum Gasteiger partial charge on any atom is 0.209 e. The van der Waals surface area contributed by atoms with Crippen molar-refractivity contribution in [3.63, 3.8) is 0 Å². The molecule has 0 saturated carbocycles. The number of carbonyl (C=O) groups excluding carboxylic acids is 1. The number of hydrogen-bond donors (Lipinski definition) is 1. The lowest BCUT2D eigenvalue weighted by Gasteiger charge is -2.09. The van der Waals surface area contributed by atoms with Crippen LogP contribution in [0.5, 0.6) is 0 Å². The Bertz CT molecular complexity index is 925. The lowest BCUT2D eigenvalue weighted by molar-refractivity contribution is 0.103. The summed E-state index contributed by atoms with van der Waals surface area (Å²) in [5.74, 6) is -1.25. The van der Waals surface area contributed by atoms with E-state index in [1.807, 2.05) is 42.7 Å². The molecule has 0 aromatic heterocycles. The molecule has 3 rings (SSSR count). The van der Waals surface area contributed by atoms with Gasteiger partial charge in [0.2, 0.25) is 5.78 Å². The van der Waals surface area contributed by atoms with Gasteiger partial charge in [0.05, 0.1) is 16.3 Å². The Morgan fingerprint density at radius 1 is 1.17 bits per heavy atom. The van der Waals surface area contributed by atoms with E-state index < -0.39 is 11.6 Å². The van der Waals surface area contributed by atoms with Gasteiger partial charge in [-0.25, -0.2) is 4.39 Å². The fourth-order valence-electron chi connectivity index (χ4n) is 2.41. The predicted molar refractivity (Wildman–Crippen MR) is 93.3 cm³/mol. The maximum absolute atomic E-state index is 13.8. The molecule has 1 aliphatic rings. The van der Waals surface area contributed by atoms with Gasteiger partial charge in [0.25, 0.3) is 0 Å². The van der Waals surface area contributed by atoms with Crippen LogP contribution in [0.15, 0.2) is 64.5 Å². The molecule has 2 aromatic carbocycles. The number of aryl methyl sites for hydroxylation is 1. The molecule has 0 radical (unpaired) electrons. The molecule has 1 N–H and O–H groups in total. The Balaban J connectivity index is 1.93. The zero-order valence-electron chi connectivity index (χ0n) is 12.8. The first-order valence-corrected chi connectivity index (χ1v) is 8.13. The highest BCUT2D eigenvalue weighted by Gasteiger charge is 2.24. The molecule has 0 amide bonds. The number of nitrogens with zero attached hydrogens (tertiary/aromatic N) is 1. The normalized spacial score (nSPS) is 15.3. The Hall–Kier alpha value is -2.84. The summed E-state index contributed by atoms with van der Waals surface area (Å²) in [6, 6.07) is 15.4. The minimum atomic E-state index is -0.633. The van der Waals surface area contributed by atoms with Crippen LogP contribution in [-0.2, 0) is 0 Å². The third kappa shape index (κ3) is 2.97. The van der Waals surface area contributed by atoms with Crippen molar-refractivity contribution < 1.29 is 9.18 Å². The van der Waals surface area contributed by atoms with Crippen molar-refractivity contribution in [2.75, 3.05) is 0 Å². The number of carbonyl (C=O) groups is 1. The van der Waals surface area contributed by atoms with Crippen molar-refractivity contribution in [2.24, 2.45) is 0 Å². The molecular weight excluding hydrogens is 323 g/mol. The molecule has 5 heteroatoms. The number of hydrogen-bond acceptors (Lipinski definition) is 4. The molecule has 1 aliphatic heterocycles. The van der Waals surface area contributed by atoms with Crippen molar-refractivity contribution in [1.29, 1.82) is 5.26 Å². The molecule has 0 aliphatic carbocycles. The van der Waals surface area contributed by atoms with E-state index >= 15 is 0 Å². The van der Waals surface area contributed by atoms with Crippen LogP contribution < -0.4 is 5.32 Å². The average molecular weight is 336 g/mol. The summed E-state index contributed by atoms with van der Waals surface area (Å²) in [6.45, 7) is 1.99. The molecule has 0 fully saturated rings. The highest BCUT2D eigenvalue weighted by Crippen LogP contribution is 2.34. The summed E-state index contributed by atoms with van der Waals surface area (Å²) in [5.41, 5.74) is 2.70. The molecule has 0 atom stereocenters. The lowest BCUT2D eigenvalue weighted by atomic mass is 10.0. The molecular formula is C19H13FN2OS. The van der Waals surface area contributed by atoms with Crippen LogP contribution >= 0.6 is 11.8 Å². The summed E-state index contributed by atoms with van der Waals surface area (Å²) >= 11 is 1.26. The van der Waals surface area contributed by atoms with Crippen LogP contribution in [0.1, 0.15) is 21.5 Å². The maximum atomic E-state index is 13.8. The van der Waals surface area contributed by atoms with Crippen molar-refractivity contribution in [3.05, 3.63) is 87.0 Å². The van der Waals surface area contributed by atoms with Crippen LogP contribution in [0.25, 0.3) is 5.70 Å². The van der Waals surface area contributed by atoms with E-state index in [0.29, 0.717) is 5.03 Å². The first kappa shape index (κ1) is 16.0. The SMILES string of the molecule is Cc1ccccc1C1=CSC(=C(C#N)C(=O)c2ccccc2F)N1. The minimum Gasteiger partial charge on any atom is -0.348 e. The number of Topliss-reactive ketones (excluding diaryl/α,β-unsaturated/α-hetero) is 1. The van der Waals surface area contributed by atoms with Crippen LogP contribution in [0.3, 0.4) is 0 Å². The molecule has 0 spiro atoms. The van der Waals surface area contributed by atoms with Gasteiger partial charge in [0.1, 0.15) is 17.5 Å². The van der Waals surface area contributed by atoms with Gasteiger partial charge in [-0.3, -0.25) is 4.79 Å². The second kappa shape index (κ2) is 6.73. The fourth-order valence-corrected chi connectivity index (χ4v) is 3.26. The topological polar surface area (TPSA) is 52.9 Å². The average Bonchev–Trinajstić information content (AvgIpc) is 3.05. The highest BCUT2D eigenvalue weighted by molar-refractivity contribution is 8.06. The van der Waals surface area contributed by atoms with E-state index in [-0.39, 0.29) is 11.1 Å². The van der Waals surface area contributed by atoms with Crippen molar-refractivity contribution >= 4 is 23.2 Å². The van der Waals surface area contributed by atoms with Crippen LogP contribution in [0.2, 0.25) is 0 Å². The summed E-state index contributed by atoms with van der Waals surface area (Å²) in [7, 11) is 0. The quantitative estimate of drug-likeness (QED) is 0.513. The number of benzene rings is 2. The van der Waals surface area contributed by atoms with Gasteiger partial charge in [-0.15, -0.1) is 0 Å². The predicted octanol–water partition coefficient (Wildman–Crippen LogP) is 4.39. The number of thioether (sulfide) groups is 1. The highest BCUT2D eigenvalue weighted by atomic mass is 32.2. The number of nitriles is 1. The fraction of sp³-hybridized carbons (Fsp3) is 0.0526. The van der Waals surface area contributed by atoms with E-state index in [1.54, 1.807) is 6.07 Å². The molecule has 2 aromatic rings. The van der Waals surface area contributed by atoms with Gasteiger partial charge in [-0.05, 0) is 24.6 Å². The van der Waals surface area contributed by atoms with Gasteiger partial charge < -0.3 is 5.32 Å². The van der Waals surface area contributed by atoms with E-state index in [0.717, 1.165) is 16.8 Å². The van der Waals surface area contributed by atoms with E-state index in [1.165, 1.54) is 30.0 Å². The molecule has 24 heavy (non-hydrogen) atoms. The Labute approximate surface area is 143 Å². The molecule has 1 heterocycles. The molecule has 0 bridgehead atoms. The van der Waals surface area contributed by atoms with Gasteiger partial charge in [0, 0.05) is 11.0 Å². The van der Waals surface area contributed by atoms with Gasteiger partial charge in [-0.1, -0.05) is 48.2 Å². The number of ketones is 1. The minimum absolute atomic E-state index is 0.0927. The van der Waals surface area contributed by atoms with E-state index in [4.69, 9.17) is 0 Å². The van der Waals surface area contributed by atoms with Gasteiger partial charge in [0.15, 0.2) is 0 Å². The van der Waals surface area contributed by atoms with Crippen LogP contribution in [-0.4, -0.2) is 5.78 Å². The van der Waals surface area contributed by atoms with Crippen molar-refractivity contribution in [3.8, 4) is 6.07 Å². The molecule has 0 unspecified atom stereocenters. The first-order chi connectivity index (χ1) is 11.6. The van der Waals surface area contributed by atoms with E-state index in [2.05, 4.69) is 5.32 Å². The smallest absolute Gasteiger partial charge is 0.209 e. The Kier molecular flexibility index (Phi) is 4.50. The molecule has 0 saturated heterocycles. The number of allylic oxidation sites excluding steroid dienone is 1. The number of nitrogens with one attached hydrogen (secondary N) is 1.